The van der Waals surface area contributed by atoms with Crippen LogP contribution in [0, 0.1) is 6.92 Å². The topological polar surface area (TPSA) is 52.6 Å². The van der Waals surface area contributed by atoms with Crippen LogP contribution >= 0.6 is 11.3 Å². The first kappa shape index (κ1) is 20.9. The molecule has 0 saturated carbocycles. The summed E-state index contributed by atoms with van der Waals surface area (Å²) < 4.78 is 0. The molecule has 4 rings (SSSR count). The smallest absolute Gasteiger partial charge is 0.282 e. The fourth-order valence-electron chi connectivity index (χ4n) is 3.71. The highest BCUT2D eigenvalue weighted by molar-refractivity contribution is 7.11. The first-order valence-corrected chi connectivity index (χ1v) is 11.3. The van der Waals surface area contributed by atoms with Gasteiger partial charge < -0.3 is 10.2 Å². The lowest BCUT2D eigenvalue weighted by atomic mass is 10.1. The normalized spacial score (nSPS) is 13.8. The fraction of sp³-hybridized carbons (Fsp3) is 0.200. The van der Waals surface area contributed by atoms with Gasteiger partial charge in [-0.05, 0) is 68.6 Å². The summed E-state index contributed by atoms with van der Waals surface area (Å²) in [6.45, 7) is 8.00. The Morgan fingerprint density at radius 2 is 1.58 bits per heavy atom. The number of imide groups is 1. The molecule has 158 valence electrons. The predicted octanol–water partition coefficient (Wildman–Crippen LogP) is 5.30. The minimum absolute atomic E-state index is 0.308. The molecule has 1 N–H and O–H groups in total. The van der Waals surface area contributed by atoms with E-state index >= 15 is 0 Å². The molecule has 0 unspecified atom stereocenters. The lowest BCUT2D eigenvalue weighted by Gasteiger charge is -2.22. The number of hydrogen-bond donors (Lipinski definition) is 1. The van der Waals surface area contributed by atoms with Gasteiger partial charge in [0.05, 0.1) is 11.3 Å². The molecule has 6 heteroatoms. The maximum Gasteiger partial charge on any atom is 0.282 e. The molecule has 1 aromatic heterocycles. The van der Waals surface area contributed by atoms with E-state index in [1.807, 2.05) is 73.0 Å². The van der Waals surface area contributed by atoms with Gasteiger partial charge in [-0.3, -0.25) is 9.59 Å². The van der Waals surface area contributed by atoms with Crippen molar-refractivity contribution in [3.8, 4) is 0 Å². The molecule has 3 aromatic rings. The van der Waals surface area contributed by atoms with Crippen molar-refractivity contribution in [1.82, 2.24) is 0 Å². The van der Waals surface area contributed by atoms with Crippen molar-refractivity contribution in [3.63, 3.8) is 0 Å². The maximum absolute atomic E-state index is 13.4. The molecule has 0 aliphatic carbocycles. The van der Waals surface area contributed by atoms with Crippen LogP contribution in [0.4, 0.5) is 17.1 Å². The molecule has 0 radical (unpaired) electrons. The number of benzene rings is 2. The number of amides is 2. The molecule has 1 aliphatic heterocycles. The predicted molar refractivity (Wildman–Crippen MR) is 129 cm³/mol. The van der Waals surface area contributed by atoms with Crippen LogP contribution in [0.3, 0.4) is 0 Å². The molecular formula is C25H25N3O2S. The minimum atomic E-state index is -0.343. The summed E-state index contributed by atoms with van der Waals surface area (Å²) in [5, 5.41) is 5.11. The lowest BCUT2D eigenvalue weighted by Crippen LogP contribution is -2.32. The maximum atomic E-state index is 13.4. The summed E-state index contributed by atoms with van der Waals surface area (Å²) in [5.74, 6) is -0.651. The summed E-state index contributed by atoms with van der Waals surface area (Å²) in [4.78, 5) is 31.1. The molecule has 0 saturated heterocycles. The summed E-state index contributed by atoms with van der Waals surface area (Å²) >= 11 is 1.45. The summed E-state index contributed by atoms with van der Waals surface area (Å²) in [6.07, 6.45) is 0. The van der Waals surface area contributed by atoms with E-state index in [0.29, 0.717) is 17.0 Å². The summed E-state index contributed by atoms with van der Waals surface area (Å²) in [7, 11) is 0. The monoisotopic (exact) mass is 431 g/mol. The standard InChI is InChI=1S/C25H25N3O2S/c1-4-27(5-2)19-12-14-20(15-13-19)28-24(29)22(21-7-6-16-31-21)23(25(28)30)26-18-10-8-17(3)9-11-18/h6-16,26H,4-5H2,1-3H3. The Kier molecular flexibility index (Phi) is 5.91. The fourth-order valence-corrected chi connectivity index (χ4v) is 4.48. The van der Waals surface area contributed by atoms with Crippen molar-refractivity contribution in [1.29, 1.82) is 0 Å². The van der Waals surface area contributed by atoms with Gasteiger partial charge in [0.15, 0.2) is 0 Å². The van der Waals surface area contributed by atoms with Crippen LogP contribution in [0.15, 0.2) is 71.7 Å². The number of thiophene rings is 1. The largest absolute Gasteiger partial charge is 0.372 e. The minimum Gasteiger partial charge on any atom is -0.372 e. The quantitative estimate of drug-likeness (QED) is 0.516. The molecule has 1 aliphatic rings. The number of nitrogens with zero attached hydrogens (tertiary/aromatic N) is 2. The van der Waals surface area contributed by atoms with Gasteiger partial charge in [0.25, 0.3) is 11.8 Å². The molecular weight excluding hydrogens is 406 g/mol. The number of rotatable bonds is 7. The Balaban J connectivity index is 1.70. The Labute approximate surface area is 186 Å². The van der Waals surface area contributed by atoms with Crippen LogP contribution in [0.5, 0.6) is 0 Å². The Morgan fingerprint density at radius 1 is 0.903 bits per heavy atom. The molecule has 0 spiro atoms. The van der Waals surface area contributed by atoms with Crippen molar-refractivity contribution >= 4 is 45.8 Å². The van der Waals surface area contributed by atoms with E-state index in [2.05, 4.69) is 24.1 Å². The zero-order valence-electron chi connectivity index (χ0n) is 17.9. The average Bonchev–Trinajstić information content (AvgIpc) is 3.38. The number of carbonyl (C=O) groups is 2. The van der Waals surface area contributed by atoms with E-state index in [0.717, 1.165) is 34.9 Å². The van der Waals surface area contributed by atoms with Gasteiger partial charge in [-0.1, -0.05) is 23.8 Å². The highest BCUT2D eigenvalue weighted by atomic mass is 32.1. The van der Waals surface area contributed by atoms with E-state index in [-0.39, 0.29) is 11.8 Å². The van der Waals surface area contributed by atoms with Crippen LogP contribution < -0.4 is 15.1 Å². The van der Waals surface area contributed by atoms with Crippen molar-refractivity contribution in [3.05, 3.63) is 82.2 Å². The second-order valence-corrected chi connectivity index (χ2v) is 8.30. The van der Waals surface area contributed by atoms with Crippen molar-refractivity contribution in [2.45, 2.75) is 20.8 Å². The van der Waals surface area contributed by atoms with Gasteiger partial charge in [0.1, 0.15) is 5.70 Å². The van der Waals surface area contributed by atoms with E-state index in [9.17, 15) is 9.59 Å². The lowest BCUT2D eigenvalue weighted by molar-refractivity contribution is -0.120. The van der Waals surface area contributed by atoms with Gasteiger partial charge in [-0.25, -0.2) is 4.90 Å². The van der Waals surface area contributed by atoms with E-state index in [4.69, 9.17) is 0 Å². The van der Waals surface area contributed by atoms with Gasteiger partial charge in [-0.15, -0.1) is 11.3 Å². The Bertz CT molecular complexity index is 1110. The van der Waals surface area contributed by atoms with E-state index < -0.39 is 0 Å². The van der Waals surface area contributed by atoms with Crippen LogP contribution in [0.2, 0.25) is 0 Å². The molecule has 5 nitrogen and oxygen atoms in total. The number of carbonyl (C=O) groups excluding carboxylic acids is 2. The number of anilines is 3. The highest BCUT2D eigenvalue weighted by Gasteiger charge is 2.40. The SMILES string of the molecule is CCN(CC)c1ccc(N2C(=O)C(Nc3ccc(C)cc3)=C(c3cccs3)C2=O)cc1. The van der Waals surface area contributed by atoms with Gasteiger partial charge in [0, 0.05) is 29.3 Å². The van der Waals surface area contributed by atoms with Crippen LogP contribution in [0.1, 0.15) is 24.3 Å². The molecule has 31 heavy (non-hydrogen) atoms. The second kappa shape index (κ2) is 8.78. The highest BCUT2D eigenvalue weighted by Crippen LogP contribution is 2.36. The van der Waals surface area contributed by atoms with E-state index in [1.54, 1.807) is 0 Å². The van der Waals surface area contributed by atoms with Gasteiger partial charge in [-0.2, -0.15) is 0 Å². The van der Waals surface area contributed by atoms with Gasteiger partial charge >= 0.3 is 0 Å². The summed E-state index contributed by atoms with van der Waals surface area (Å²) in [5.41, 5.74) is 4.26. The molecule has 0 bridgehead atoms. The van der Waals surface area contributed by atoms with Crippen LogP contribution in [-0.4, -0.2) is 24.9 Å². The molecule has 2 heterocycles. The number of hydrogen-bond acceptors (Lipinski definition) is 5. The second-order valence-electron chi connectivity index (χ2n) is 7.35. The molecule has 2 aromatic carbocycles. The zero-order valence-corrected chi connectivity index (χ0v) is 18.7. The zero-order chi connectivity index (χ0) is 22.0. The van der Waals surface area contributed by atoms with Crippen LogP contribution in [0.25, 0.3) is 5.57 Å². The molecule has 0 atom stereocenters. The summed E-state index contributed by atoms with van der Waals surface area (Å²) in [6, 6.07) is 19.1. The Hall–Kier alpha value is -3.38. The average molecular weight is 432 g/mol. The van der Waals surface area contributed by atoms with Crippen molar-refractivity contribution < 1.29 is 9.59 Å². The first-order valence-electron chi connectivity index (χ1n) is 10.4. The van der Waals surface area contributed by atoms with Gasteiger partial charge in [0.2, 0.25) is 0 Å². The third-order valence-corrected chi connectivity index (χ3v) is 6.30. The van der Waals surface area contributed by atoms with E-state index in [1.165, 1.54) is 16.2 Å². The van der Waals surface area contributed by atoms with Crippen molar-refractivity contribution in [2.75, 3.05) is 28.2 Å². The first-order chi connectivity index (χ1) is 15.0. The van der Waals surface area contributed by atoms with Crippen molar-refractivity contribution in [2.24, 2.45) is 0 Å². The Morgan fingerprint density at radius 3 is 2.16 bits per heavy atom. The van der Waals surface area contributed by atoms with Crippen LogP contribution in [-0.2, 0) is 9.59 Å². The number of nitrogens with one attached hydrogen (secondary N) is 1. The molecule has 2 amide bonds. The third-order valence-electron chi connectivity index (χ3n) is 5.41. The third kappa shape index (κ3) is 3.99. The molecule has 0 fully saturated rings. The number of aryl methyl sites for hydroxylation is 1.